The van der Waals surface area contributed by atoms with Crippen molar-refractivity contribution in [2.75, 3.05) is 20.8 Å². The van der Waals surface area contributed by atoms with Gasteiger partial charge in [-0.3, -0.25) is 0 Å². The van der Waals surface area contributed by atoms with Gasteiger partial charge >= 0.3 is 0 Å². The summed E-state index contributed by atoms with van der Waals surface area (Å²) in [7, 11) is 0.867. The Kier molecular flexibility index (Phi) is 10.1. The van der Waals surface area contributed by atoms with Gasteiger partial charge in [-0.15, -0.1) is 0 Å². The van der Waals surface area contributed by atoms with E-state index in [1.807, 2.05) is 78.9 Å². The average Bonchev–Trinajstić information content (AvgIpc) is 3.35. The first-order valence-electron chi connectivity index (χ1n) is 15.7. The van der Waals surface area contributed by atoms with E-state index in [-0.39, 0.29) is 11.6 Å². The second-order valence-electron chi connectivity index (χ2n) is 13.3. The maximum atomic E-state index is 15.2. The lowest BCUT2D eigenvalue weighted by Gasteiger charge is -2.40. The molecular weight excluding hydrogens is 599 g/mol. The molecule has 244 valence electrons. The number of benzene rings is 4. The average molecular weight is 645 g/mol. The summed E-state index contributed by atoms with van der Waals surface area (Å²) in [5.41, 5.74) is 1.85. The van der Waals surface area contributed by atoms with Crippen LogP contribution in [0.25, 0.3) is 0 Å². The van der Waals surface area contributed by atoms with Crippen LogP contribution in [-0.2, 0) is 19.5 Å². The fourth-order valence-electron chi connectivity index (χ4n) is 5.76. The Morgan fingerprint density at radius 3 is 1.74 bits per heavy atom. The van der Waals surface area contributed by atoms with Crippen LogP contribution in [0.5, 0.6) is 11.5 Å². The number of methoxy groups -OCH3 is 2. The third kappa shape index (κ3) is 6.64. The third-order valence-electron chi connectivity index (χ3n) is 9.42. The lowest BCUT2D eigenvalue weighted by Crippen LogP contribution is -2.48. The molecule has 6 nitrogen and oxygen atoms in total. The fraction of sp³-hybridized carbons (Fsp3) is 0.368. The summed E-state index contributed by atoms with van der Waals surface area (Å²) in [5, 5.41) is 11.7. The van der Waals surface area contributed by atoms with Crippen molar-refractivity contribution >= 4 is 8.32 Å². The molecule has 8 heteroatoms. The monoisotopic (exact) mass is 644 g/mol. The van der Waals surface area contributed by atoms with Crippen LogP contribution >= 0.6 is 0 Å². The molecule has 4 aromatic rings. The van der Waals surface area contributed by atoms with Crippen molar-refractivity contribution in [2.45, 2.75) is 68.9 Å². The van der Waals surface area contributed by atoms with Crippen LogP contribution < -0.4 is 9.47 Å². The second-order valence-corrected chi connectivity index (χ2v) is 18.0. The van der Waals surface area contributed by atoms with Gasteiger partial charge in [0.05, 0.1) is 20.8 Å². The van der Waals surface area contributed by atoms with Gasteiger partial charge in [0.25, 0.3) is 0 Å². The molecule has 1 aliphatic heterocycles. The molecule has 1 heterocycles. The van der Waals surface area contributed by atoms with E-state index >= 15 is 4.39 Å². The zero-order valence-corrected chi connectivity index (χ0v) is 28.7. The largest absolute Gasteiger partial charge is 0.497 e. The minimum atomic E-state index is -2.40. The fourth-order valence-corrected chi connectivity index (χ4v) is 7.06. The van der Waals surface area contributed by atoms with Crippen LogP contribution in [-0.4, -0.2) is 52.6 Å². The molecule has 1 N–H and O–H groups in total. The molecule has 5 rings (SSSR count). The second kappa shape index (κ2) is 13.7. The smallest absolute Gasteiger partial charge is 0.192 e. The third-order valence-corrected chi connectivity index (χ3v) is 13.9. The lowest BCUT2D eigenvalue weighted by atomic mass is 9.80. The van der Waals surface area contributed by atoms with Crippen LogP contribution in [0.3, 0.4) is 0 Å². The number of hydrogen-bond donors (Lipinski definition) is 1. The van der Waals surface area contributed by atoms with Gasteiger partial charge in [-0.1, -0.05) is 93.6 Å². The van der Waals surface area contributed by atoms with Gasteiger partial charge in [-0.05, 0) is 65.2 Å². The molecule has 0 amide bonds. The van der Waals surface area contributed by atoms with Crippen molar-refractivity contribution in [3.05, 3.63) is 131 Å². The Bertz CT molecular complexity index is 1520. The Balaban J connectivity index is 1.58. The van der Waals surface area contributed by atoms with E-state index in [2.05, 4.69) is 33.9 Å². The first-order valence-corrected chi connectivity index (χ1v) is 18.6. The number of aliphatic hydroxyl groups excluding tert-OH is 1. The highest BCUT2D eigenvalue weighted by atomic mass is 28.4. The number of ether oxygens (including phenoxy) is 4. The van der Waals surface area contributed by atoms with Crippen molar-refractivity contribution in [3.63, 3.8) is 0 Å². The molecule has 1 aliphatic rings. The van der Waals surface area contributed by atoms with Crippen LogP contribution in [0.2, 0.25) is 18.1 Å². The molecule has 0 unspecified atom stereocenters. The molecule has 0 spiro atoms. The van der Waals surface area contributed by atoms with Gasteiger partial charge in [0.15, 0.2) is 8.32 Å². The van der Waals surface area contributed by atoms with Gasteiger partial charge in [0.2, 0.25) is 0 Å². The highest BCUT2D eigenvalue weighted by Crippen LogP contribution is 2.46. The number of aliphatic hydroxyl groups is 1. The summed E-state index contributed by atoms with van der Waals surface area (Å²) in [4.78, 5) is 0. The van der Waals surface area contributed by atoms with Crippen molar-refractivity contribution in [3.8, 4) is 11.5 Å². The molecule has 1 fully saturated rings. The molecule has 0 saturated carbocycles. The van der Waals surface area contributed by atoms with Crippen molar-refractivity contribution in [2.24, 2.45) is 0 Å². The Morgan fingerprint density at radius 2 is 1.24 bits per heavy atom. The Morgan fingerprint density at radius 1 is 0.739 bits per heavy atom. The Hall–Kier alpha value is -3.53. The summed E-state index contributed by atoms with van der Waals surface area (Å²) in [6.45, 7) is 10.6. The summed E-state index contributed by atoms with van der Waals surface area (Å²) in [5.74, 6) is 1.03. The van der Waals surface area contributed by atoms with E-state index in [4.69, 9.17) is 23.4 Å². The number of rotatable bonds is 11. The zero-order valence-electron chi connectivity index (χ0n) is 27.7. The maximum absolute atomic E-state index is 15.2. The Labute approximate surface area is 273 Å². The SMILES string of the molecule is COc1ccc(C(OC[C@H]2O[C@@H](c3ccccc3F)[C@H](O[Si](C)(C)C(C)(C)C)[C@@H]2O)(c2ccccc2)c2ccc(OC)cc2)cc1. The predicted octanol–water partition coefficient (Wildman–Crippen LogP) is 8.04. The van der Waals surface area contributed by atoms with Gasteiger partial charge in [0.1, 0.15) is 47.3 Å². The summed E-state index contributed by atoms with van der Waals surface area (Å²) in [6, 6.07) is 32.0. The van der Waals surface area contributed by atoms with E-state index in [1.165, 1.54) is 6.07 Å². The van der Waals surface area contributed by atoms with Gasteiger partial charge in [-0.25, -0.2) is 4.39 Å². The van der Waals surface area contributed by atoms with Gasteiger partial charge < -0.3 is 28.5 Å². The molecule has 4 aromatic carbocycles. The van der Waals surface area contributed by atoms with Crippen molar-refractivity contribution in [1.29, 1.82) is 0 Å². The van der Waals surface area contributed by atoms with E-state index < -0.39 is 44.2 Å². The molecular formula is C38H45FO6Si. The van der Waals surface area contributed by atoms with Gasteiger partial charge in [-0.2, -0.15) is 0 Å². The summed E-state index contributed by atoms with van der Waals surface area (Å²) in [6.07, 6.45) is -3.47. The molecule has 0 aliphatic carbocycles. The molecule has 0 aromatic heterocycles. The zero-order chi connectivity index (χ0) is 33.1. The van der Waals surface area contributed by atoms with Crippen LogP contribution in [0, 0.1) is 5.82 Å². The standard InChI is InChI=1S/C38H45FO6Si/c1-37(2,3)46(6,7)45-36-34(40)33(44-35(36)31-15-11-12-16-32(31)39)25-43-38(26-13-9-8-10-14-26,27-17-21-29(41-4)22-18-27)28-19-23-30(42-5)24-20-28/h8-24,33-36,40H,25H2,1-7H3/t33-,34-,35+,36-/m1/s1. The number of halogens is 1. The highest BCUT2D eigenvalue weighted by molar-refractivity contribution is 6.74. The van der Waals surface area contributed by atoms with Crippen molar-refractivity contribution in [1.82, 2.24) is 0 Å². The lowest BCUT2D eigenvalue weighted by molar-refractivity contribution is -0.0831. The van der Waals surface area contributed by atoms with Crippen LogP contribution in [0.15, 0.2) is 103 Å². The molecule has 0 radical (unpaired) electrons. The normalized spacial score (nSPS) is 20.5. The predicted molar refractivity (Wildman–Crippen MR) is 180 cm³/mol. The first-order chi connectivity index (χ1) is 21.9. The van der Waals surface area contributed by atoms with Crippen molar-refractivity contribution < 1.29 is 32.9 Å². The first kappa shape index (κ1) is 33.8. The van der Waals surface area contributed by atoms with E-state index in [0.717, 1.165) is 16.7 Å². The summed E-state index contributed by atoms with van der Waals surface area (Å²) >= 11 is 0. The molecule has 46 heavy (non-hydrogen) atoms. The van der Waals surface area contributed by atoms with Crippen LogP contribution in [0.1, 0.15) is 49.1 Å². The summed E-state index contributed by atoms with van der Waals surface area (Å²) < 4.78 is 46.5. The van der Waals surface area contributed by atoms with E-state index in [0.29, 0.717) is 17.1 Å². The minimum Gasteiger partial charge on any atom is -0.497 e. The van der Waals surface area contributed by atoms with Crippen LogP contribution in [0.4, 0.5) is 4.39 Å². The highest BCUT2D eigenvalue weighted by Gasteiger charge is 2.51. The quantitative estimate of drug-likeness (QED) is 0.132. The van der Waals surface area contributed by atoms with E-state index in [1.54, 1.807) is 32.4 Å². The minimum absolute atomic E-state index is 0.00354. The number of hydrogen-bond acceptors (Lipinski definition) is 6. The molecule has 0 bridgehead atoms. The molecule has 1 saturated heterocycles. The molecule has 4 atom stereocenters. The maximum Gasteiger partial charge on any atom is 0.192 e. The van der Waals surface area contributed by atoms with E-state index in [9.17, 15) is 5.11 Å². The van der Waals surface area contributed by atoms with Gasteiger partial charge in [0, 0.05) is 5.56 Å². The topological polar surface area (TPSA) is 66.4 Å².